The molecular weight excluding hydrogens is 360 g/mol. The maximum Gasteiger partial charge on any atom is 0.261 e. The highest BCUT2D eigenvalue weighted by Gasteiger charge is 2.34. The fourth-order valence-corrected chi connectivity index (χ4v) is 3.43. The molecule has 2 rings (SSSR count). The van der Waals surface area contributed by atoms with E-state index in [1.165, 1.54) is 17.1 Å². The maximum atomic E-state index is 12.3. The van der Waals surface area contributed by atoms with Gasteiger partial charge in [0.1, 0.15) is 0 Å². The first kappa shape index (κ1) is 21.3. The second kappa shape index (κ2) is 11.6. The van der Waals surface area contributed by atoms with Crippen LogP contribution in [-0.4, -0.2) is 60.9 Å². The molecule has 1 aromatic rings. The largest absolute Gasteiger partial charge is 0.357 e. The summed E-state index contributed by atoms with van der Waals surface area (Å²) < 4.78 is 0. The Labute approximate surface area is 166 Å². The minimum Gasteiger partial charge on any atom is -0.357 e. The first-order chi connectivity index (χ1) is 13.2. The monoisotopic (exact) mass is 390 g/mol. The molecule has 1 aromatic carbocycles. The topological polar surface area (TPSA) is 73.8 Å². The molecule has 1 heterocycles. The molecule has 0 aliphatic carbocycles. The summed E-state index contributed by atoms with van der Waals surface area (Å²) in [5.74, 6) is 1.66. The van der Waals surface area contributed by atoms with Gasteiger partial charge in [0.05, 0.1) is 11.1 Å². The van der Waals surface area contributed by atoms with Gasteiger partial charge in [0.15, 0.2) is 5.96 Å². The van der Waals surface area contributed by atoms with E-state index < -0.39 is 0 Å². The Morgan fingerprint density at radius 3 is 2.37 bits per heavy atom. The number of carbonyl (C=O) groups is 2. The summed E-state index contributed by atoms with van der Waals surface area (Å²) in [6.45, 7) is 4.92. The molecule has 0 saturated carbocycles. The van der Waals surface area contributed by atoms with Crippen LogP contribution in [0, 0.1) is 0 Å². The molecule has 0 aromatic heterocycles. The lowest BCUT2D eigenvalue weighted by Gasteiger charge is -2.14. The molecule has 0 unspecified atom stereocenters. The minimum absolute atomic E-state index is 0.177. The number of carbonyl (C=O) groups excluding carboxylic acids is 2. The smallest absolute Gasteiger partial charge is 0.261 e. The summed E-state index contributed by atoms with van der Waals surface area (Å²) in [6, 6.07) is 7.02. The zero-order valence-corrected chi connectivity index (χ0v) is 17.1. The number of amides is 2. The van der Waals surface area contributed by atoms with Crippen LogP contribution >= 0.6 is 11.8 Å². The molecule has 148 valence electrons. The van der Waals surface area contributed by atoms with Gasteiger partial charge in [-0.25, -0.2) is 0 Å². The highest BCUT2D eigenvalue weighted by molar-refractivity contribution is 7.98. The van der Waals surface area contributed by atoms with Crippen LogP contribution in [0.15, 0.2) is 29.3 Å². The van der Waals surface area contributed by atoms with E-state index in [4.69, 9.17) is 0 Å². The molecule has 1 aliphatic rings. The summed E-state index contributed by atoms with van der Waals surface area (Å²) in [5, 5.41) is 6.57. The quantitative estimate of drug-likeness (QED) is 0.263. The molecule has 7 heteroatoms. The Kier molecular flexibility index (Phi) is 9.18. The number of rotatable bonds is 11. The molecule has 6 nitrogen and oxygen atoms in total. The molecule has 27 heavy (non-hydrogen) atoms. The van der Waals surface area contributed by atoms with Crippen LogP contribution in [0.25, 0.3) is 0 Å². The second-order valence-corrected chi connectivity index (χ2v) is 7.39. The number of unbranched alkanes of at least 4 members (excludes halogenated alkanes) is 2. The highest BCUT2D eigenvalue weighted by Crippen LogP contribution is 2.22. The van der Waals surface area contributed by atoms with Crippen molar-refractivity contribution in [2.24, 2.45) is 4.99 Å². The first-order valence-corrected chi connectivity index (χ1v) is 11.0. The average molecular weight is 391 g/mol. The lowest BCUT2D eigenvalue weighted by atomic mass is 10.1. The van der Waals surface area contributed by atoms with Crippen LogP contribution in [-0.2, 0) is 0 Å². The number of guanidine groups is 1. The van der Waals surface area contributed by atoms with Crippen molar-refractivity contribution in [3.05, 3.63) is 35.4 Å². The fourth-order valence-electron chi connectivity index (χ4n) is 2.93. The number of imide groups is 1. The Morgan fingerprint density at radius 1 is 1.04 bits per heavy atom. The number of benzene rings is 1. The van der Waals surface area contributed by atoms with E-state index in [-0.39, 0.29) is 11.8 Å². The van der Waals surface area contributed by atoms with Crippen LogP contribution in [0.5, 0.6) is 0 Å². The van der Waals surface area contributed by atoms with Gasteiger partial charge in [-0.15, -0.1) is 0 Å². The number of hydrogen-bond donors (Lipinski definition) is 2. The van der Waals surface area contributed by atoms with Crippen molar-refractivity contribution in [1.82, 2.24) is 15.5 Å². The predicted molar refractivity (Wildman–Crippen MR) is 113 cm³/mol. The van der Waals surface area contributed by atoms with Gasteiger partial charge in [0.25, 0.3) is 11.8 Å². The number of nitrogens with zero attached hydrogens (tertiary/aromatic N) is 2. The van der Waals surface area contributed by atoms with Crippen LogP contribution < -0.4 is 10.6 Å². The van der Waals surface area contributed by atoms with Crippen molar-refractivity contribution in [3.63, 3.8) is 0 Å². The zero-order valence-electron chi connectivity index (χ0n) is 16.3. The minimum atomic E-state index is -0.177. The third kappa shape index (κ3) is 6.27. The summed E-state index contributed by atoms with van der Waals surface area (Å²) in [6.07, 6.45) is 6.04. The van der Waals surface area contributed by atoms with E-state index in [0.717, 1.165) is 44.9 Å². The summed E-state index contributed by atoms with van der Waals surface area (Å²) in [4.78, 5) is 30.6. The van der Waals surface area contributed by atoms with Gasteiger partial charge >= 0.3 is 0 Å². The Balaban J connectivity index is 1.69. The van der Waals surface area contributed by atoms with Gasteiger partial charge in [-0.3, -0.25) is 19.5 Å². The van der Waals surface area contributed by atoms with Crippen molar-refractivity contribution < 1.29 is 9.59 Å². The number of hydrogen-bond acceptors (Lipinski definition) is 4. The van der Waals surface area contributed by atoms with Gasteiger partial charge in [-0.05, 0) is 56.7 Å². The van der Waals surface area contributed by atoms with Crippen LogP contribution in [0.3, 0.4) is 0 Å². The van der Waals surface area contributed by atoms with Gasteiger partial charge in [-0.2, -0.15) is 11.8 Å². The summed E-state index contributed by atoms with van der Waals surface area (Å²) >= 11 is 1.87. The first-order valence-electron chi connectivity index (χ1n) is 9.65. The van der Waals surface area contributed by atoms with E-state index in [0.29, 0.717) is 17.7 Å². The molecule has 0 saturated heterocycles. The summed E-state index contributed by atoms with van der Waals surface area (Å²) in [7, 11) is 0. The van der Waals surface area contributed by atoms with Gasteiger partial charge < -0.3 is 10.6 Å². The number of aliphatic imine (C=N–C) groups is 1. The van der Waals surface area contributed by atoms with Crippen LogP contribution in [0.4, 0.5) is 0 Å². The molecular formula is C20H30N4O2S. The number of nitrogens with one attached hydrogen (secondary N) is 2. The molecule has 2 amide bonds. The normalized spacial score (nSPS) is 13.9. The van der Waals surface area contributed by atoms with E-state index in [1.54, 1.807) is 24.3 Å². The second-order valence-electron chi connectivity index (χ2n) is 6.40. The Bertz CT molecular complexity index is 628. The molecule has 0 bridgehead atoms. The van der Waals surface area contributed by atoms with Crippen molar-refractivity contribution >= 4 is 29.5 Å². The van der Waals surface area contributed by atoms with Gasteiger partial charge in [0.2, 0.25) is 0 Å². The van der Waals surface area contributed by atoms with Crippen molar-refractivity contribution in [2.75, 3.05) is 38.2 Å². The number of thioether (sulfide) groups is 1. The highest BCUT2D eigenvalue weighted by atomic mass is 32.2. The van der Waals surface area contributed by atoms with E-state index in [2.05, 4.69) is 21.9 Å². The Morgan fingerprint density at radius 2 is 1.74 bits per heavy atom. The maximum absolute atomic E-state index is 12.3. The standard InChI is InChI=1S/C20H30N4O2S/c1-3-21-20(23-13-7-9-15-27-2)22-12-6-8-14-24-18(25)16-10-4-5-11-17(16)19(24)26/h4-5,10-11H,3,6-9,12-15H2,1-2H3,(H2,21,22,23). The third-order valence-corrected chi connectivity index (χ3v) is 5.05. The predicted octanol–water partition coefficient (Wildman–Crippen LogP) is 2.76. The number of fused-ring (bicyclic) bond motifs is 1. The van der Waals surface area contributed by atoms with Gasteiger partial charge in [0, 0.05) is 26.2 Å². The van der Waals surface area contributed by atoms with Crippen LogP contribution in [0.2, 0.25) is 0 Å². The summed E-state index contributed by atoms with van der Waals surface area (Å²) in [5.41, 5.74) is 1.03. The van der Waals surface area contributed by atoms with Crippen LogP contribution in [0.1, 0.15) is 53.3 Å². The van der Waals surface area contributed by atoms with E-state index in [9.17, 15) is 9.59 Å². The van der Waals surface area contributed by atoms with Gasteiger partial charge in [-0.1, -0.05) is 12.1 Å². The fraction of sp³-hybridized carbons (Fsp3) is 0.550. The SMILES string of the molecule is CCNC(=NCCCCSC)NCCCCN1C(=O)c2ccccc2C1=O. The van der Waals surface area contributed by atoms with E-state index in [1.807, 2.05) is 18.7 Å². The molecule has 0 fully saturated rings. The molecule has 1 aliphatic heterocycles. The Hall–Kier alpha value is -2.02. The lowest BCUT2D eigenvalue weighted by Crippen LogP contribution is -2.38. The van der Waals surface area contributed by atoms with E-state index >= 15 is 0 Å². The molecule has 0 atom stereocenters. The zero-order chi connectivity index (χ0) is 19.5. The molecule has 0 spiro atoms. The average Bonchev–Trinajstić information content (AvgIpc) is 2.92. The van der Waals surface area contributed by atoms with Crippen molar-refractivity contribution in [2.45, 2.75) is 32.6 Å². The van der Waals surface area contributed by atoms with Crippen molar-refractivity contribution in [1.29, 1.82) is 0 Å². The molecule has 0 radical (unpaired) electrons. The lowest BCUT2D eigenvalue weighted by molar-refractivity contribution is 0.0652. The van der Waals surface area contributed by atoms with Crippen molar-refractivity contribution in [3.8, 4) is 0 Å². The third-order valence-electron chi connectivity index (χ3n) is 4.35. The molecule has 2 N–H and O–H groups in total.